The van der Waals surface area contributed by atoms with Gasteiger partial charge in [-0.05, 0) is 13.0 Å². The maximum absolute atomic E-state index is 5.64. The first-order valence-corrected chi connectivity index (χ1v) is 4.09. The van der Waals surface area contributed by atoms with Crippen molar-refractivity contribution >= 4 is 24.9 Å². The molecule has 0 saturated carbocycles. The molecule has 0 amide bonds. The van der Waals surface area contributed by atoms with Gasteiger partial charge < -0.3 is 0 Å². The lowest BCUT2D eigenvalue weighted by Crippen LogP contribution is -2.05. The van der Waals surface area contributed by atoms with Crippen LogP contribution in [-0.2, 0) is 0 Å². The van der Waals surface area contributed by atoms with Crippen LogP contribution in [0.5, 0.6) is 0 Å². The number of benzene rings is 1. The van der Waals surface area contributed by atoms with E-state index >= 15 is 0 Å². The van der Waals surface area contributed by atoms with E-state index in [1.54, 1.807) is 6.07 Å². The van der Waals surface area contributed by atoms with Crippen LogP contribution < -0.4 is 5.46 Å². The zero-order valence-electron chi connectivity index (χ0n) is 7.19. The number of aryl methyl sites for hydroxylation is 1. The van der Waals surface area contributed by atoms with Gasteiger partial charge in [-0.3, -0.25) is 0 Å². The van der Waals surface area contributed by atoms with E-state index in [4.69, 9.17) is 19.4 Å². The van der Waals surface area contributed by atoms with E-state index in [1.165, 1.54) is 0 Å². The van der Waals surface area contributed by atoms with E-state index in [-0.39, 0.29) is 0 Å². The Morgan fingerprint density at radius 1 is 1.27 bits per heavy atom. The lowest BCUT2D eigenvalue weighted by molar-refractivity contribution is 1.50. The number of hydrogen-bond donors (Lipinski definition) is 0. The van der Waals surface area contributed by atoms with Crippen LogP contribution in [0, 0.1) is 6.92 Å². The molecular weight excluding hydrogens is 154 g/mol. The van der Waals surface area contributed by atoms with Gasteiger partial charge in [0, 0.05) is 5.02 Å². The van der Waals surface area contributed by atoms with Gasteiger partial charge in [-0.25, -0.2) is 0 Å². The van der Waals surface area contributed by atoms with E-state index in [0.29, 0.717) is 5.02 Å². The Morgan fingerprint density at radius 2 is 1.82 bits per heavy atom. The van der Waals surface area contributed by atoms with Crippen LogP contribution in [0.4, 0.5) is 0 Å². The molecule has 0 atom stereocenters. The highest BCUT2D eigenvalue weighted by Gasteiger charge is 1.90. The van der Waals surface area contributed by atoms with Crippen molar-refractivity contribution in [3.8, 4) is 0 Å². The van der Waals surface area contributed by atoms with Crippen molar-refractivity contribution in [2.45, 2.75) is 20.8 Å². The molecule has 2 radical (unpaired) electrons. The Bertz CT molecular complexity index is 221. The van der Waals surface area contributed by atoms with Crippen molar-refractivity contribution < 1.29 is 0 Å². The van der Waals surface area contributed by atoms with Gasteiger partial charge in [0.1, 0.15) is 7.85 Å². The summed E-state index contributed by atoms with van der Waals surface area (Å²) in [4.78, 5) is 0. The molecule has 0 heterocycles. The Labute approximate surface area is 75.0 Å². The molecule has 2 heteroatoms. The average molecular weight is 166 g/mol. The van der Waals surface area contributed by atoms with Crippen molar-refractivity contribution in [3.05, 3.63) is 28.8 Å². The molecule has 0 fully saturated rings. The van der Waals surface area contributed by atoms with Crippen molar-refractivity contribution in [2.24, 2.45) is 0 Å². The van der Waals surface area contributed by atoms with Crippen molar-refractivity contribution in [3.63, 3.8) is 0 Å². The maximum atomic E-state index is 5.64. The molecule has 1 rings (SSSR count). The quantitative estimate of drug-likeness (QED) is 0.520. The molecule has 11 heavy (non-hydrogen) atoms. The summed E-state index contributed by atoms with van der Waals surface area (Å²) in [7, 11) is 5.54. The summed E-state index contributed by atoms with van der Waals surface area (Å²) in [6, 6.07) is 5.47. The van der Waals surface area contributed by atoms with E-state index in [0.717, 1.165) is 11.0 Å². The predicted octanol–water partition coefficient (Wildman–Crippen LogP) is 2.47. The van der Waals surface area contributed by atoms with E-state index in [9.17, 15) is 0 Å². The fraction of sp³-hybridized carbons (Fsp3) is 0.333. The minimum Gasteiger partial charge on any atom is -0.0923 e. The Hall–Kier alpha value is -0.425. The molecular formula is C9H12BCl. The third-order valence-electron chi connectivity index (χ3n) is 1.24. The number of halogens is 1. The summed E-state index contributed by atoms with van der Waals surface area (Å²) in [5.41, 5.74) is 1.82. The summed E-state index contributed by atoms with van der Waals surface area (Å²) in [6.07, 6.45) is 0. The molecule has 0 spiro atoms. The molecule has 0 unspecified atom stereocenters. The molecule has 1 aromatic rings. The van der Waals surface area contributed by atoms with Crippen molar-refractivity contribution in [2.75, 3.05) is 0 Å². The van der Waals surface area contributed by atoms with Crippen LogP contribution in [-0.4, -0.2) is 7.85 Å². The molecule has 0 saturated heterocycles. The first-order valence-electron chi connectivity index (χ1n) is 3.72. The fourth-order valence-corrected chi connectivity index (χ4v) is 0.792. The highest BCUT2D eigenvalue weighted by Crippen LogP contribution is 2.05. The summed E-state index contributed by atoms with van der Waals surface area (Å²) in [5.74, 6) is 0. The van der Waals surface area contributed by atoms with Crippen LogP contribution in [0.2, 0.25) is 5.02 Å². The van der Waals surface area contributed by atoms with Gasteiger partial charge in [0.2, 0.25) is 0 Å². The molecule has 0 aliphatic carbocycles. The monoisotopic (exact) mass is 166 g/mol. The Balaban J connectivity index is 0.000000461. The minimum absolute atomic E-state index is 0.693. The Kier molecular flexibility index (Phi) is 5.05. The van der Waals surface area contributed by atoms with E-state index in [1.807, 2.05) is 32.9 Å². The third kappa shape index (κ3) is 3.47. The lowest BCUT2D eigenvalue weighted by atomic mass is 9.92. The fourth-order valence-electron chi connectivity index (χ4n) is 0.611. The van der Waals surface area contributed by atoms with Gasteiger partial charge in [-0.2, -0.15) is 0 Å². The highest BCUT2D eigenvalue weighted by atomic mass is 35.5. The standard InChI is InChI=1S/C7H6BCl.C2H6/c1-5-2-3-6(9)4-7(5)8;1-2/h2-4H,1H3;1-2H3. The second kappa shape index (κ2) is 5.25. The topological polar surface area (TPSA) is 0 Å². The highest BCUT2D eigenvalue weighted by molar-refractivity contribution is 6.36. The molecule has 0 aliphatic heterocycles. The van der Waals surface area contributed by atoms with Gasteiger partial charge >= 0.3 is 0 Å². The van der Waals surface area contributed by atoms with Crippen LogP contribution in [0.25, 0.3) is 0 Å². The normalized spacial score (nSPS) is 8.36. The minimum atomic E-state index is 0.693. The smallest absolute Gasteiger partial charge is 0.0923 e. The van der Waals surface area contributed by atoms with Gasteiger partial charge in [-0.1, -0.05) is 48.6 Å². The molecule has 58 valence electrons. The summed E-state index contributed by atoms with van der Waals surface area (Å²) >= 11 is 5.64. The average Bonchev–Trinajstić information content (AvgIpc) is 2.02. The molecule has 0 bridgehead atoms. The SMILES string of the molecule is CC.[B]c1cc(Cl)ccc1C. The molecule has 0 aliphatic rings. The van der Waals surface area contributed by atoms with Crippen LogP contribution in [0.3, 0.4) is 0 Å². The molecule has 1 aromatic carbocycles. The first kappa shape index (κ1) is 10.6. The van der Waals surface area contributed by atoms with E-state index < -0.39 is 0 Å². The summed E-state index contributed by atoms with van der Waals surface area (Å²) < 4.78 is 0. The second-order valence-electron chi connectivity index (χ2n) is 2.00. The predicted molar refractivity (Wildman–Crippen MR) is 52.9 cm³/mol. The summed E-state index contributed by atoms with van der Waals surface area (Å²) in [6.45, 7) is 5.95. The summed E-state index contributed by atoms with van der Waals surface area (Å²) in [5, 5.41) is 0.693. The number of hydrogen-bond acceptors (Lipinski definition) is 0. The van der Waals surface area contributed by atoms with Crippen molar-refractivity contribution in [1.29, 1.82) is 0 Å². The van der Waals surface area contributed by atoms with Crippen molar-refractivity contribution in [1.82, 2.24) is 0 Å². The molecule has 0 aromatic heterocycles. The first-order chi connectivity index (χ1) is 5.20. The zero-order chi connectivity index (χ0) is 8.85. The zero-order valence-corrected chi connectivity index (χ0v) is 7.94. The Morgan fingerprint density at radius 3 is 2.18 bits per heavy atom. The molecule has 0 nitrogen and oxygen atoms in total. The largest absolute Gasteiger partial charge is 0.114 e. The van der Waals surface area contributed by atoms with Gasteiger partial charge in [0.25, 0.3) is 0 Å². The maximum Gasteiger partial charge on any atom is 0.114 e. The van der Waals surface area contributed by atoms with Gasteiger partial charge in [-0.15, -0.1) is 0 Å². The van der Waals surface area contributed by atoms with Crippen LogP contribution in [0.1, 0.15) is 19.4 Å². The van der Waals surface area contributed by atoms with Crippen LogP contribution >= 0.6 is 11.6 Å². The number of rotatable bonds is 0. The second-order valence-corrected chi connectivity index (χ2v) is 2.44. The van der Waals surface area contributed by atoms with Gasteiger partial charge in [0.05, 0.1) is 0 Å². The lowest BCUT2D eigenvalue weighted by Gasteiger charge is -1.97. The van der Waals surface area contributed by atoms with Crippen LogP contribution in [0.15, 0.2) is 18.2 Å². The third-order valence-corrected chi connectivity index (χ3v) is 1.48. The van der Waals surface area contributed by atoms with Gasteiger partial charge in [0.15, 0.2) is 0 Å². The van der Waals surface area contributed by atoms with E-state index in [2.05, 4.69) is 0 Å². The molecule has 0 N–H and O–H groups in total.